The van der Waals surface area contributed by atoms with E-state index in [9.17, 15) is 44.9 Å². The lowest BCUT2D eigenvalue weighted by atomic mass is 10.3. The summed E-state index contributed by atoms with van der Waals surface area (Å²) in [6.07, 6.45) is 0. The van der Waals surface area contributed by atoms with Crippen LogP contribution in [0.5, 0.6) is 0 Å². The van der Waals surface area contributed by atoms with Crippen LogP contribution in [-0.2, 0) is 29.2 Å². The van der Waals surface area contributed by atoms with Crippen LogP contribution < -0.4 is 0 Å². The van der Waals surface area contributed by atoms with Gasteiger partial charge in [0, 0.05) is 6.07 Å². The van der Waals surface area contributed by atoms with Gasteiger partial charge in [0.1, 0.15) is 4.90 Å². The standard InChI is InChI=1S/C11H10F3NO8S2/c1-2-23-10(16)6-24(19,20)9-4-3-7(5-8(9)15(17)18)25(21,22)11(12,13)14/h3-5H,2,6H2,1H3. The molecule has 0 radical (unpaired) electrons. The average molecular weight is 405 g/mol. The molecular formula is C11H10F3NO8S2. The maximum Gasteiger partial charge on any atom is 0.501 e. The SMILES string of the molecule is CCOC(=O)CS(=O)(=O)c1ccc(S(=O)(=O)C(F)(F)F)cc1[N+](=O)[O-]. The summed E-state index contributed by atoms with van der Waals surface area (Å²) < 4.78 is 88.5. The van der Waals surface area contributed by atoms with Gasteiger partial charge in [-0.25, -0.2) is 16.8 Å². The van der Waals surface area contributed by atoms with Gasteiger partial charge >= 0.3 is 11.5 Å². The molecule has 1 rings (SSSR count). The van der Waals surface area contributed by atoms with E-state index in [4.69, 9.17) is 0 Å². The number of hydrogen-bond donors (Lipinski definition) is 0. The first-order valence-corrected chi connectivity index (χ1v) is 9.35. The molecule has 140 valence electrons. The quantitative estimate of drug-likeness (QED) is 0.391. The molecule has 0 aliphatic rings. The molecule has 0 N–H and O–H groups in total. The van der Waals surface area contributed by atoms with Gasteiger partial charge in [-0.05, 0) is 19.1 Å². The molecule has 0 aliphatic heterocycles. The normalized spacial score (nSPS) is 12.6. The van der Waals surface area contributed by atoms with Crippen molar-refractivity contribution in [2.75, 3.05) is 12.4 Å². The highest BCUT2D eigenvalue weighted by molar-refractivity contribution is 7.92. The summed E-state index contributed by atoms with van der Waals surface area (Å²) in [5, 5.41) is 11.0. The first kappa shape index (κ1) is 20.8. The van der Waals surface area contributed by atoms with Crippen molar-refractivity contribution in [2.45, 2.75) is 22.2 Å². The van der Waals surface area contributed by atoms with Gasteiger partial charge in [0.05, 0.1) is 16.4 Å². The minimum absolute atomic E-state index is 0.0269. The lowest BCUT2D eigenvalue weighted by Gasteiger charge is -2.10. The number of carbonyl (C=O) groups is 1. The first-order chi connectivity index (χ1) is 11.2. The van der Waals surface area contributed by atoms with E-state index in [1.165, 1.54) is 6.92 Å². The van der Waals surface area contributed by atoms with Crippen LogP contribution in [0.4, 0.5) is 18.9 Å². The Morgan fingerprint density at radius 3 is 2.24 bits per heavy atom. The van der Waals surface area contributed by atoms with Crippen LogP contribution >= 0.6 is 0 Å². The number of ether oxygens (including phenoxy) is 1. The van der Waals surface area contributed by atoms with Gasteiger partial charge < -0.3 is 4.74 Å². The number of rotatable bonds is 6. The van der Waals surface area contributed by atoms with Gasteiger partial charge in [0.25, 0.3) is 15.5 Å². The minimum atomic E-state index is -5.92. The van der Waals surface area contributed by atoms with Crippen LogP contribution in [0.25, 0.3) is 0 Å². The van der Waals surface area contributed by atoms with Crippen LogP contribution in [0.3, 0.4) is 0 Å². The van der Waals surface area contributed by atoms with Gasteiger partial charge in [0.2, 0.25) is 0 Å². The molecule has 0 aromatic heterocycles. The maximum absolute atomic E-state index is 12.5. The number of alkyl halides is 3. The third-order valence-electron chi connectivity index (χ3n) is 2.69. The third kappa shape index (κ3) is 4.45. The molecule has 0 saturated carbocycles. The number of nitrogens with zero attached hydrogens (tertiary/aromatic N) is 1. The van der Waals surface area contributed by atoms with Crippen molar-refractivity contribution in [2.24, 2.45) is 0 Å². The fraction of sp³-hybridized carbons (Fsp3) is 0.364. The summed E-state index contributed by atoms with van der Waals surface area (Å²) in [4.78, 5) is 18.2. The summed E-state index contributed by atoms with van der Waals surface area (Å²) in [5.74, 6) is -2.53. The van der Waals surface area contributed by atoms with Gasteiger partial charge in [-0.15, -0.1) is 0 Å². The second-order valence-corrected chi connectivity index (χ2v) is 8.30. The zero-order valence-electron chi connectivity index (χ0n) is 12.3. The molecule has 0 saturated heterocycles. The van der Waals surface area contributed by atoms with Gasteiger partial charge in [-0.1, -0.05) is 0 Å². The number of carbonyl (C=O) groups excluding carboxylic acids is 1. The monoisotopic (exact) mass is 405 g/mol. The van der Waals surface area contributed by atoms with Crippen LogP contribution in [0.2, 0.25) is 0 Å². The van der Waals surface area contributed by atoms with E-state index in [1.54, 1.807) is 0 Å². The van der Waals surface area contributed by atoms with Crippen LogP contribution in [-0.4, -0.2) is 45.6 Å². The summed E-state index contributed by atoms with van der Waals surface area (Å²) in [7, 11) is -10.6. The summed E-state index contributed by atoms with van der Waals surface area (Å²) >= 11 is 0. The Bertz CT molecular complexity index is 906. The highest BCUT2D eigenvalue weighted by atomic mass is 32.2. The van der Waals surface area contributed by atoms with Crippen molar-refractivity contribution in [3.63, 3.8) is 0 Å². The van der Waals surface area contributed by atoms with Crippen molar-refractivity contribution in [3.05, 3.63) is 28.3 Å². The molecule has 0 amide bonds. The molecule has 0 fully saturated rings. The highest BCUT2D eigenvalue weighted by Gasteiger charge is 2.47. The molecular weight excluding hydrogens is 395 g/mol. The minimum Gasteiger partial charge on any atom is -0.465 e. The van der Waals surface area contributed by atoms with Gasteiger partial charge in [0.15, 0.2) is 15.6 Å². The van der Waals surface area contributed by atoms with Crippen molar-refractivity contribution in [3.8, 4) is 0 Å². The van der Waals surface area contributed by atoms with E-state index >= 15 is 0 Å². The number of nitro benzene ring substituents is 1. The molecule has 14 heteroatoms. The molecule has 25 heavy (non-hydrogen) atoms. The zero-order valence-corrected chi connectivity index (χ0v) is 13.9. The second-order valence-electron chi connectivity index (χ2n) is 4.40. The lowest BCUT2D eigenvalue weighted by Crippen LogP contribution is -2.24. The Balaban J connectivity index is 3.52. The fourth-order valence-corrected chi connectivity index (χ4v) is 3.70. The molecule has 0 atom stereocenters. The van der Waals surface area contributed by atoms with E-state index in [-0.39, 0.29) is 18.7 Å². The predicted molar refractivity (Wildman–Crippen MR) is 75.0 cm³/mol. The van der Waals surface area contributed by atoms with Crippen molar-refractivity contribution in [1.82, 2.24) is 0 Å². The molecule has 9 nitrogen and oxygen atoms in total. The number of esters is 1. The second kappa shape index (κ2) is 6.95. The summed E-state index contributed by atoms with van der Waals surface area (Å²) in [6, 6.07) is 0.556. The topological polar surface area (TPSA) is 138 Å². The third-order valence-corrected chi connectivity index (χ3v) is 5.81. The predicted octanol–water partition coefficient (Wildman–Crippen LogP) is 1.23. The van der Waals surface area contributed by atoms with E-state index in [0.29, 0.717) is 6.07 Å². The maximum atomic E-state index is 12.5. The molecule has 0 heterocycles. The van der Waals surface area contributed by atoms with Gasteiger partial charge in [-0.2, -0.15) is 13.2 Å². The molecule has 1 aromatic carbocycles. The molecule has 0 spiro atoms. The van der Waals surface area contributed by atoms with E-state index in [2.05, 4.69) is 4.74 Å². The van der Waals surface area contributed by atoms with E-state index in [0.717, 1.165) is 0 Å². The Hall–Kier alpha value is -2.22. The molecule has 0 bridgehead atoms. The van der Waals surface area contributed by atoms with Crippen molar-refractivity contribution in [1.29, 1.82) is 0 Å². The molecule has 1 aromatic rings. The summed E-state index contributed by atoms with van der Waals surface area (Å²) in [6.45, 7) is 1.21. The number of benzene rings is 1. The zero-order chi connectivity index (χ0) is 19.6. The molecule has 0 aliphatic carbocycles. The smallest absolute Gasteiger partial charge is 0.465 e. The van der Waals surface area contributed by atoms with E-state index in [1.807, 2.05) is 0 Å². The van der Waals surface area contributed by atoms with Crippen LogP contribution in [0.15, 0.2) is 28.0 Å². The first-order valence-electron chi connectivity index (χ1n) is 6.22. The van der Waals surface area contributed by atoms with Gasteiger partial charge in [-0.3, -0.25) is 14.9 Å². The molecule has 0 unspecified atom stereocenters. The highest BCUT2D eigenvalue weighted by Crippen LogP contribution is 2.34. The van der Waals surface area contributed by atoms with Crippen molar-refractivity contribution < 1.29 is 44.5 Å². The lowest BCUT2D eigenvalue weighted by molar-refractivity contribution is -0.388. The van der Waals surface area contributed by atoms with E-state index < -0.39 is 57.3 Å². The summed E-state index contributed by atoms with van der Waals surface area (Å²) in [5.41, 5.74) is -7.14. The average Bonchev–Trinajstić information content (AvgIpc) is 2.44. The van der Waals surface area contributed by atoms with Crippen LogP contribution in [0.1, 0.15) is 6.92 Å². The number of halogens is 3. The fourth-order valence-electron chi connectivity index (χ4n) is 1.64. The van der Waals surface area contributed by atoms with Crippen LogP contribution in [0, 0.1) is 10.1 Å². The Labute approximate surface area is 139 Å². The number of hydrogen-bond acceptors (Lipinski definition) is 8. The Morgan fingerprint density at radius 1 is 1.24 bits per heavy atom. The Kier molecular flexibility index (Phi) is 5.79. The Morgan fingerprint density at radius 2 is 1.80 bits per heavy atom. The van der Waals surface area contributed by atoms with Crippen molar-refractivity contribution >= 4 is 31.3 Å². The number of nitro groups is 1. The number of sulfone groups is 2. The largest absolute Gasteiger partial charge is 0.501 e.